The number of nitrogens with zero attached hydrogens (tertiary/aromatic N) is 9. The Morgan fingerprint density at radius 2 is 1.62 bits per heavy atom. The highest BCUT2D eigenvalue weighted by Gasteiger charge is 2.28. The standard InChI is InChI=1S/C46H51FN12O4/c1-28(51-42(61)43-54-44(55-63-43)46(2,3)4)34-11-5-30(23-36(34)47)40-35-24-38(52-41(35)50-27-49-40)37-12-10-33(25-48-37)58-21-19-56(20-22-58)26-29-13-16-57(17-14-29)31-6-8-32(9-7-31)59-18-15-39(60)53-45(59)62/h5-12,23-25,27-29H,13-22,26H2,1-4H3,(H,51,61)(H,49,50,52)(H,53,60,62)/t28-/m1/s1. The second-order valence-corrected chi connectivity index (χ2v) is 17.7. The van der Waals surface area contributed by atoms with Crippen molar-refractivity contribution in [2.24, 2.45) is 5.92 Å². The van der Waals surface area contributed by atoms with E-state index in [1.165, 1.54) is 12.4 Å². The zero-order chi connectivity index (χ0) is 43.8. The molecule has 0 spiro atoms. The number of anilines is 3. The van der Waals surface area contributed by atoms with E-state index in [9.17, 15) is 14.4 Å². The van der Waals surface area contributed by atoms with Crippen LogP contribution in [0.25, 0.3) is 33.7 Å². The van der Waals surface area contributed by atoms with E-state index in [0.29, 0.717) is 47.2 Å². The van der Waals surface area contributed by atoms with Crippen molar-refractivity contribution in [1.29, 1.82) is 0 Å². The van der Waals surface area contributed by atoms with Crippen molar-refractivity contribution in [3.8, 4) is 22.6 Å². The van der Waals surface area contributed by atoms with Gasteiger partial charge in [0.05, 0.1) is 35.0 Å². The molecule has 16 nitrogen and oxygen atoms in total. The molecule has 2 aromatic carbocycles. The number of imide groups is 1. The number of nitrogens with one attached hydrogen (secondary N) is 3. The topological polar surface area (TPSA) is 182 Å². The molecule has 63 heavy (non-hydrogen) atoms. The lowest BCUT2D eigenvalue weighted by Gasteiger charge is -2.40. The zero-order valence-electron chi connectivity index (χ0n) is 35.9. The van der Waals surface area contributed by atoms with Crippen LogP contribution in [-0.2, 0) is 10.2 Å². The van der Waals surface area contributed by atoms with Gasteiger partial charge in [0.25, 0.3) is 0 Å². The SMILES string of the molecule is C[C@@H](NC(=O)c1nc(C(C)(C)C)no1)c1ccc(-c2ncnc3[nH]c(-c4ccc(N5CCN(CC6CCN(c7ccc(N8CCC(=O)NC8=O)cc7)CC6)CC5)cn4)cc23)cc1F. The van der Waals surface area contributed by atoms with E-state index in [2.05, 4.69) is 68.6 Å². The highest BCUT2D eigenvalue weighted by atomic mass is 19.1. The van der Waals surface area contributed by atoms with Gasteiger partial charge in [0.15, 0.2) is 5.82 Å². The third-order valence-electron chi connectivity index (χ3n) is 12.3. The molecule has 3 saturated heterocycles. The minimum atomic E-state index is -0.666. The van der Waals surface area contributed by atoms with Gasteiger partial charge in [0.1, 0.15) is 17.8 Å². The number of urea groups is 1. The zero-order valence-corrected chi connectivity index (χ0v) is 35.9. The van der Waals surface area contributed by atoms with Gasteiger partial charge in [-0.1, -0.05) is 38.1 Å². The number of piperazine rings is 1. The number of fused-ring (bicyclic) bond motifs is 1. The molecule has 6 aromatic rings. The number of hydrogen-bond donors (Lipinski definition) is 3. The Balaban J connectivity index is 0.768. The molecule has 17 heteroatoms. The molecule has 4 amide bonds. The molecule has 0 radical (unpaired) electrons. The van der Waals surface area contributed by atoms with E-state index >= 15 is 4.39 Å². The van der Waals surface area contributed by atoms with E-state index in [-0.39, 0.29) is 23.2 Å². The van der Waals surface area contributed by atoms with Gasteiger partial charge in [-0.25, -0.2) is 19.2 Å². The van der Waals surface area contributed by atoms with Crippen LogP contribution in [0, 0.1) is 11.7 Å². The third kappa shape index (κ3) is 8.96. The van der Waals surface area contributed by atoms with Gasteiger partial charge < -0.3 is 24.6 Å². The maximum Gasteiger partial charge on any atom is 0.328 e. The number of halogens is 1. The summed E-state index contributed by atoms with van der Waals surface area (Å²) in [5, 5.41) is 9.78. The number of piperidine rings is 1. The smallest absolute Gasteiger partial charge is 0.328 e. The average molecular weight is 855 g/mol. The number of aromatic nitrogens is 6. The normalized spacial score (nSPS) is 17.3. The average Bonchev–Trinajstić information content (AvgIpc) is 3.97. The Morgan fingerprint density at radius 3 is 2.30 bits per heavy atom. The van der Waals surface area contributed by atoms with Gasteiger partial charge in [0, 0.05) is 92.1 Å². The van der Waals surface area contributed by atoms with Crippen molar-refractivity contribution in [3.63, 3.8) is 0 Å². The third-order valence-corrected chi connectivity index (χ3v) is 12.3. The molecular formula is C46H51FN12O4. The number of aromatic amines is 1. The molecular weight excluding hydrogens is 804 g/mol. The number of amides is 4. The van der Waals surface area contributed by atoms with Gasteiger partial charge in [-0.15, -0.1) is 0 Å². The lowest BCUT2D eigenvalue weighted by atomic mass is 9.95. The van der Waals surface area contributed by atoms with Crippen molar-refractivity contribution < 1.29 is 23.3 Å². The van der Waals surface area contributed by atoms with E-state index in [4.69, 9.17) is 9.51 Å². The molecule has 3 aliphatic heterocycles. The van der Waals surface area contributed by atoms with Crippen molar-refractivity contribution in [2.45, 2.75) is 58.4 Å². The van der Waals surface area contributed by atoms with E-state index in [1.54, 1.807) is 24.0 Å². The minimum Gasteiger partial charge on any atom is -0.372 e. The fourth-order valence-electron chi connectivity index (χ4n) is 8.60. The Hall–Kier alpha value is -6.75. The van der Waals surface area contributed by atoms with E-state index in [1.807, 2.05) is 51.2 Å². The van der Waals surface area contributed by atoms with E-state index in [0.717, 1.165) is 92.5 Å². The van der Waals surface area contributed by atoms with Crippen LogP contribution in [0.15, 0.2) is 77.7 Å². The molecule has 0 unspecified atom stereocenters. The van der Waals surface area contributed by atoms with Crippen LogP contribution in [-0.4, -0.2) is 105 Å². The number of benzene rings is 2. The van der Waals surface area contributed by atoms with Crippen LogP contribution in [0.5, 0.6) is 0 Å². The molecule has 3 aliphatic rings. The summed E-state index contributed by atoms with van der Waals surface area (Å²) in [6.07, 6.45) is 5.96. The quantitative estimate of drug-likeness (QED) is 0.137. The predicted octanol–water partition coefficient (Wildman–Crippen LogP) is 6.48. The number of carbonyl (C=O) groups excluding carboxylic acids is 3. The lowest BCUT2D eigenvalue weighted by Crippen LogP contribution is -2.49. The summed E-state index contributed by atoms with van der Waals surface area (Å²) in [7, 11) is 0. The first-order valence-electron chi connectivity index (χ1n) is 21.5. The summed E-state index contributed by atoms with van der Waals surface area (Å²) >= 11 is 0. The Kier molecular flexibility index (Phi) is 11.4. The van der Waals surface area contributed by atoms with Gasteiger partial charge in [0.2, 0.25) is 5.91 Å². The van der Waals surface area contributed by atoms with Crippen molar-refractivity contribution in [2.75, 3.05) is 67.1 Å². The fourth-order valence-corrected chi connectivity index (χ4v) is 8.60. The van der Waals surface area contributed by atoms with Crippen LogP contribution in [0.1, 0.15) is 75.1 Å². The number of carbonyl (C=O) groups is 3. The molecule has 326 valence electrons. The molecule has 4 aromatic heterocycles. The monoisotopic (exact) mass is 854 g/mol. The molecule has 7 heterocycles. The molecule has 3 fully saturated rings. The number of H-pyrrole nitrogens is 1. The minimum absolute atomic E-state index is 0.173. The highest BCUT2D eigenvalue weighted by molar-refractivity contribution is 6.05. The maximum atomic E-state index is 15.6. The second-order valence-electron chi connectivity index (χ2n) is 17.7. The van der Waals surface area contributed by atoms with Gasteiger partial charge in [-0.05, 0) is 74.2 Å². The fraction of sp³-hybridized carbons (Fsp3) is 0.391. The summed E-state index contributed by atoms with van der Waals surface area (Å²) in [6, 6.07) is 18.0. The first-order valence-corrected chi connectivity index (χ1v) is 21.5. The van der Waals surface area contributed by atoms with Crippen LogP contribution in [0.2, 0.25) is 0 Å². The van der Waals surface area contributed by atoms with Crippen LogP contribution < -0.4 is 25.3 Å². The Labute approximate surface area is 364 Å². The van der Waals surface area contributed by atoms with Gasteiger partial charge >= 0.3 is 17.8 Å². The number of hydrogen-bond acceptors (Lipinski definition) is 12. The summed E-state index contributed by atoms with van der Waals surface area (Å²) in [5.74, 6) is -0.408. The van der Waals surface area contributed by atoms with Crippen LogP contribution in [0.4, 0.5) is 26.2 Å². The summed E-state index contributed by atoms with van der Waals surface area (Å²) in [4.78, 5) is 66.9. The van der Waals surface area contributed by atoms with E-state index < -0.39 is 17.8 Å². The molecule has 0 saturated carbocycles. The van der Waals surface area contributed by atoms with Crippen molar-refractivity contribution in [1.82, 2.24) is 45.6 Å². The number of pyridine rings is 1. The molecule has 0 bridgehead atoms. The highest BCUT2D eigenvalue weighted by Crippen LogP contribution is 2.33. The van der Waals surface area contributed by atoms with Crippen molar-refractivity contribution >= 4 is 45.9 Å². The molecule has 3 N–H and O–H groups in total. The molecule has 1 atom stereocenters. The molecule has 9 rings (SSSR count). The lowest BCUT2D eigenvalue weighted by molar-refractivity contribution is -0.120. The summed E-state index contributed by atoms with van der Waals surface area (Å²) in [5.41, 5.74) is 6.26. The first kappa shape index (κ1) is 41.6. The Bertz CT molecular complexity index is 2620. The van der Waals surface area contributed by atoms with Crippen LogP contribution >= 0.6 is 0 Å². The largest absolute Gasteiger partial charge is 0.372 e. The second kappa shape index (κ2) is 17.2. The molecule has 0 aliphatic carbocycles. The maximum absolute atomic E-state index is 15.6. The predicted molar refractivity (Wildman–Crippen MR) is 237 cm³/mol. The van der Waals surface area contributed by atoms with Crippen molar-refractivity contribution in [3.05, 3.63) is 96.3 Å². The Morgan fingerprint density at radius 1 is 0.889 bits per heavy atom. The van der Waals surface area contributed by atoms with Gasteiger partial charge in [-0.3, -0.25) is 29.7 Å². The summed E-state index contributed by atoms with van der Waals surface area (Å²) < 4.78 is 20.8. The summed E-state index contributed by atoms with van der Waals surface area (Å²) in [6.45, 7) is 14.8. The first-order chi connectivity index (χ1) is 30.4. The van der Waals surface area contributed by atoms with Crippen LogP contribution in [0.3, 0.4) is 0 Å². The number of rotatable bonds is 10. The van der Waals surface area contributed by atoms with Gasteiger partial charge in [-0.2, -0.15) is 4.98 Å².